The predicted molar refractivity (Wildman–Crippen MR) is 70.5 cm³/mol. The molecule has 0 aliphatic carbocycles. The van der Waals surface area contributed by atoms with Crippen molar-refractivity contribution in [3.63, 3.8) is 0 Å². The third kappa shape index (κ3) is 4.75. The molecule has 0 heterocycles. The van der Waals surface area contributed by atoms with Crippen molar-refractivity contribution in [2.45, 2.75) is 26.3 Å². The van der Waals surface area contributed by atoms with E-state index in [1.54, 1.807) is 7.11 Å². The molecule has 1 aromatic carbocycles. The molecule has 1 aromatic rings. The van der Waals surface area contributed by atoms with E-state index < -0.39 is 0 Å². The Morgan fingerprint density at radius 2 is 1.82 bits per heavy atom. The summed E-state index contributed by atoms with van der Waals surface area (Å²) >= 11 is 0. The Balaban J connectivity index is 2.47. The van der Waals surface area contributed by atoms with Gasteiger partial charge >= 0.3 is 0 Å². The molecule has 0 fully saturated rings. The van der Waals surface area contributed by atoms with Gasteiger partial charge in [0.1, 0.15) is 5.75 Å². The first-order chi connectivity index (χ1) is 8.17. The molecule has 0 atom stereocenters. The van der Waals surface area contributed by atoms with Crippen LogP contribution in [0.3, 0.4) is 0 Å². The highest BCUT2D eigenvalue weighted by molar-refractivity contribution is 5.27. The van der Waals surface area contributed by atoms with Crippen LogP contribution in [0.15, 0.2) is 24.3 Å². The summed E-state index contributed by atoms with van der Waals surface area (Å²) in [6.07, 6.45) is 1.00. The zero-order valence-corrected chi connectivity index (χ0v) is 11.0. The number of methoxy groups -OCH3 is 1. The Morgan fingerprint density at radius 3 is 2.29 bits per heavy atom. The smallest absolute Gasteiger partial charge is 0.118 e. The molecule has 0 saturated carbocycles. The average molecular weight is 237 g/mol. The quantitative estimate of drug-likeness (QED) is 0.786. The molecule has 0 aliphatic heterocycles. The minimum Gasteiger partial charge on any atom is -0.497 e. The predicted octanol–water partition coefficient (Wildman–Crippen LogP) is 1.94. The normalized spacial score (nSPS) is 11.2. The number of rotatable bonds is 7. The molecule has 0 radical (unpaired) electrons. The van der Waals surface area contributed by atoms with Crippen LogP contribution in [-0.4, -0.2) is 42.9 Å². The molecule has 1 rings (SSSR count). The maximum Gasteiger partial charge on any atom is 0.118 e. The van der Waals surface area contributed by atoms with E-state index in [9.17, 15) is 0 Å². The molecule has 1 N–H and O–H groups in total. The fraction of sp³-hybridized carbons (Fsp3) is 0.571. The van der Waals surface area contributed by atoms with Gasteiger partial charge < -0.3 is 9.84 Å². The van der Waals surface area contributed by atoms with E-state index in [-0.39, 0.29) is 6.61 Å². The molecule has 0 saturated heterocycles. The Kier molecular flexibility index (Phi) is 6.01. The van der Waals surface area contributed by atoms with E-state index in [4.69, 9.17) is 9.84 Å². The Bertz CT molecular complexity index is 309. The Labute approximate surface area is 104 Å². The van der Waals surface area contributed by atoms with Gasteiger partial charge in [0, 0.05) is 19.1 Å². The average Bonchev–Trinajstić information content (AvgIpc) is 2.34. The van der Waals surface area contributed by atoms with Gasteiger partial charge in [-0.1, -0.05) is 12.1 Å². The summed E-state index contributed by atoms with van der Waals surface area (Å²) in [6.45, 7) is 6.26. The molecule has 0 spiro atoms. The third-order valence-electron chi connectivity index (χ3n) is 2.96. The van der Waals surface area contributed by atoms with Crippen molar-refractivity contribution in [1.29, 1.82) is 0 Å². The second-order valence-electron chi connectivity index (χ2n) is 4.45. The van der Waals surface area contributed by atoms with Crippen LogP contribution < -0.4 is 4.74 Å². The highest BCUT2D eigenvalue weighted by Gasteiger charge is 2.08. The number of hydrogen-bond acceptors (Lipinski definition) is 3. The molecule has 96 valence electrons. The van der Waals surface area contributed by atoms with Gasteiger partial charge in [-0.2, -0.15) is 0 Å². The monoisotopic (exact) mass is 237 g/mol. The lowest BCUT2D eigenvalue weighted by Gasteiger charge is -2.25. The fourth-order valence-corrected chi connectivity index (χ4v) is 1.82. The van der Waals surface area contributed by atoms with Crippen LogP contribution in [-0.2, 0) is 6.42 Å². The van der Waals surface area contributed by atoms with Crippen molar-refractivity contribution in [3.05, 3.63) is 29.8 Å². The van der Waals surface area contributed by atoms with Gasteiger partial charge in [-0.05, 0) is 38.0 Å². The maximum atomic E-state index is 8.99. The van der Waals surface area contributed by atoms with Gasteiger partial charge in [-0.25, -0.2) is 0 Å². The SMILES string of the molecule is COc1ccc(CCN(CCO)C(C)C)cc1. The van der Waals surface area contributed by atoms with Crippen LogP contribution in [0.25, 0.3) is 0 Å². The zero-order chi connectivity index (χ0) is 12.7. The van der Waals surface area contributed by atoms with Gasteiger partial charge in [0.25, 0.3) is 0 Å². The number of hydrogen-bond donors (Lipinski definition) is 1. The highest BCUT2D eigenvalue weighted by Crippen LogP contribution is 2.12. The van der Waals surface area contributed by atoms with Crippen molar-refractivity contribution in [1.82, 2.24) is 4.90 Å². The molecule has 3 nitrogen and oxygen atoms in total. The lowest BCUT2D eigenvalue weighted by atomic mass is 10.1. The first-order valence-corrected chi connectivity index (χ1v) is 6.15. The summed E-state index contributed by atoms with van der Waals surface area (Å²) in [7, 11) is 1.68. The minimum atomic E-state index is 0.223. The van der Waals surface area contributed by atoms with E-state index in [0.29, 0.717) is 6.04 Å². The standard InChI is InChI=1S/C14H23NO2/c1-12(2)15(10-11-16)9-8-13-4-6-14(17-3)7-5-13/h4-7,12,16H,8-11H2,1-3H3. The van der Waals surface area contributed by atoms with Gasteiger partial charge in [-0.3, -0.25) is 4.90 Å². The van der Waals surface area contributed by atoms with E-state index in [1.165, 1.54) is 5.56 Å². The fourth-order valence-electron chi connectivity index (χ4n) is 1.82. The molecular formula is C14H23NO2. The topological polar surface area (TPSA) is 32.7 Å². The number of aliphatic hydroxyl groups excluding tert-OH is 1. The van der Waals surface area contributed by atoms with E-state index in [1.807, 2.05) is 12.1 Å². The van der Waals surface area contributed by atoms with Gasteiger partial charge in [0.15, 0.2) is 0 Å². The molecule has 17 heavy (non-hydrogen) atoms. The van der Waals surface area contributed by atoms with E-state index in [2.05, 4.69) is 30.9 Å². The lowest BCUT2D eigenvalue weighted by molar-refractivity contribution is 0.167. The lowest BCUT2D eigenvalue weighted by Crippen LogP contribution is -2.35. The summed E-state index contributed by atoms with van der Waals surface area (Å²) in [5, 5.41) is 8.99. The molecular weight excluding hydrogens is 214 g/mol. The molecule has 0 amide bonds. The van der Waals surface area contributed by atoms with Crippen molar-refractivity contribution in [2.75, 3.05) is 26.8 Å². The molecule has 0 aliphatic rings. The summed E-state index contributed by atoms with van der Waals surface area (Å²) in [6, 6.07) is 8.63. The van der Waals surface area contributed by atoms with Gasteiger partial charge in [0.05, 0.1) is 13.7 Å². The molecule has 0 unspecified atom stereocenters. The van der Waals surface area contributed by atoms with Gasteiger partial charge in [-0.15, -0.1) is 0 Å². The van der Waals surface area contributed by atoms with E-state index in [0.717, 1.165) is 25.3 Å². The van der Waals surface area contributed by atoms with Crippen LogP contribution >= 0.6 is 0 Å². The second-order valence-corrected chi connectivity index (χ2v) is 4.45. The summed E-state index contributed by atoms with van der Waals surface area (Å²) in [5.41, 5.74) is 1.30. The van der Waals surface area contributed by atoms with Crippen molar-refractivity contribution in [3.8, 4) is 5.75 Å². The number of ether oxygens (including phenoxy) is 1. The largest absolute Gasteiger partial charge is 0.497 e. The third-order valence-corrected chi connectivity index (χ3v) is 2.96. The number of nitrogens with zero attached hydrogens (tertiary/aromatic N) is 1. The molecule has 0 aromatic heterocycles. The van der Waals surface area contributed by atoms with Crippen LogP contribution in [0.4, 0.5) is 0 Å². The summed E-state index contributed by atoms with van der Waals surface area (Å²) in [4.78, 5) is 2.28. The molecule has 0 bridgehead atoms. The van der Waals surface area contributed by atoms with E-state index >= 15 is 0 Å². The highest BCUT2D eigenvalue weighted by atomic mass is 16.5. The molecule has 3 heteroatoms. The Hall–Kier alpha value is -1.06. The van der Waals surface area contributed by atoms with Crippen LogP contribution in [0.5, 0.6) is 5.75 Å². The van der Waals surface area contributed by atoms with Crippen LogP contribution in [0, 0.1) is 0 Å². The zero-order valence-electron chi connectivity index (χ0n) is 11.0. The van der Waals surface area contributed by atoms with Crippen molar-refractivity contribution >= 4 is 0 Å². The van der Waals surface area contributed by atoms with Crippen molar-refractivity contribution in [2.24, 2.45) is 0 Å². The summed E-state index contributed by atoms with van der Waals surface area (Å²) in [5.74, 6) is 0.893. The van der Waals surface area contributed by atoms with Crippen molar-refractivity contribution < 1.29 is 9.84 Å². The number of benzene rings is 1. The van der Waals surface area contributed by atoms with Gasteiger partial charge in [0.2, 0.25) is 0 Å². The second kappa shape index (κ2) is 7.30. The Morgan fingerprint density at radius 1 is 1.18 bits per heavy atom. The van der Waals surface area contributed by atoms with Crippen LogP contribution in [0.1, 0.15) is 19.4 Å². The first kappa shape index (κ1) is 14.0. The maximum absolute atomic E-state index is 8.99. The minimum absolute atomic E-state index is 0.223. The summed E-state index contributed by atoms with van der Waals surface area (Å²) < 4.78 is 5.13. The number of aliphatic hydroxyl groups is 1. The first-order valence-electron chi connectivity index (χ1n) is 6.15. The van der Waals surface area contributed by atoms with Crippen LogP contribution in [0.2, 0.25) is 0 Å².